The number of ether oxygens (including phenoxy) is 3. The lowest BCUT2D eigenvalue weighted by atomic mass is 10.1. The van der Waals surface area contributed by atoms with Gasteiger partial charge in [-0.3, -0.25) is 9.59 Å². The van der Waals surface area contributed by atoms with E-state index in [2.05, 4.69) is 15.5 Å². The summed E-state index contributed by atoms with van der Waals surface area (Å²) in [5.74, 6) is 0.665. The molecule has 0 spiro atoms. The Morgan fingerprint density at radius 3 is 2.57 bits per heavy atom. The van der Waals surface area contributed by atoms with Crippen LogP contribution in [-0.4, -0.2) is 48.2 Å². The van der Waals surface area contributed by atoms with E-state index < -0.39 is 0 Å². The van der Waals surface area contributed by atoms with Crippen LogP contribution in [0.1, 0.15) is 25.8 Å². The van der Waals surface area contributed by atoms with E-state index in [0.717, 1.165) is 5.56 Å². The van der Waals surface area contributed by atoms with Gasteiger partial charge >= 0.3 is 5.97 Å². The van der Waals surface area contributed by atoms with Crippen molar-refractivity contribution in [1.82, 2.24) is 10.2 Å². The van der Waals surface area contributed by atoms with Gasteiger partial charge in [0.2, 0.25) is 11.0 Å². The van der Waals surface area contributed by atoms with E-state index in [1.807, 2.05) is 6.92 Å². The van der Waals surface area contributed by atoms with Gasteiger partial charge in [0, 0.05) is 0 Å². The molecule has 8 nitrogen and oxygen atoms in total. The number of aromatic nitrogens is 2. The summed E-state index contributed by atoms with van der Waals surface area (Å²) in [5, 5.41) is 10.8. The van der Waals surface area contributed by atoms with Gasteiger partial charge < -0.3 is 19.5 Å². The van der Waals surface area contributed by atoms with E-state index in [4.69, 9.17) is 14.2 Å². The monoisotopic (exact) mass is 425 g/mol. The lowest BCUT2D eigenvalue weighted by molar-refractivity contribution is -0.142. The second kappa shape index (κ2) is 10.9. The van der Waals surface area contributed by atoms with Gasteiger partial charge in [0.05, 0.1) is 27.2 Å². The molecule has 0 aliphatic carbocycles. The molecule has 2 rings (SSSR count). The molecule has 0 radical (unpaired) electrons. The summed E-state index contributed by atoms with van der Waals surface area (Å²) >= 11 is 2.51. The van der Waals surface area contributed by atoms with Crippen molar-refractivity contribution in [2.24, 2.45) is 0 Å². The largest absolute Gasteiger partial charge is 0.493 e. The topological polar surface area (TPSA) is 99.6 Å². The summed E-state index contributed by atoms with van der Waals surface area (Å²) in [4.78, 5) is 24.2. The number of nitrogens with zero attached hydrogens (tertiary/aromatic N) is 2. The van der Waals surface area contributed by atoms with Crippen molar-refractivity contribution in [2.45, 2.75) is 36.3 Å². The molecule has 1 atom stereocenters. The Bertz CT molecular complexity index is 812. The van der Waals surface area contributed by atoms with E-state index >= 15 is 0 Å². The normalized spacial score (nSPS) is 11.6. The molecule has 0 aliphatic rings. The number of carbonyl (C=O) groups excluding carboxylic acids is 2. The quantitative estimate of drug-likeness (QED) is 0.352. The average Bonchev–Trinajstić information content (AvgIpc) is 3.12. The maximum absolute atomic E-state index is 12.3. The number of nitrogens with one attached hydrogen (secondary N) is 1. The van der Waals surface area contributed by atoms with Crippen LogP contribution < -0.4 is 14.8 Å². The summed E-state index contributed by atoms with van der Waals surface area (Å²) in [6.07, 6.45) is 0.771. The number of thioether (sulfide) groups is 1. The molecule has 1 N–H and O–H groups in total. The maximum Gasteiger partial charge on any atom is 0.319 e. The molecule has 0 fully saturated rings. The Balaban J connectivity index is 1.95. The van der Waals surface area contributed by atoms with Gasteiger partial charge in [-0.15, -0.1) is 10.2 Å². The number of amides is 1. The van der Waals surface area contributed by atoms with E-state index in [9.17, 15) is 9.59 Å². The highest BCUT2D eigenvalue weighted by Gasteiger charge is 2.21. The van der Waals surface area contributed by atoms with Crippen LogP contribution in [0, 0.1) is 0 Å². The van der Waals surface area contributed by atoms with Crippen LogP contribution in [0.2, 0.25) is 0 Å². The molecule has 28 heavy (non-hydrogen) atoms. The third kappa shape index (κ3) is 6.10. The van der Waals surface area contributed by atoms with Crippen molar-refractivity contribution >= 4 is 40.1 Å². The molecule has 2 aromatic rings. The summed E-state index contributed by atoms with van der Waals surface area (Å²) < 4.78 is 16.1. The Morgan fingerprint density at radius 1 is 1.18 bits per heavy atom. The number of carbonyl (C=O) groups is 2. The smallest absolute Gasteiger partial charge is 0.319 e. The van der Waals surface area contributed by atoms with Crippen LogP contribution in [0.15, 0.2) is 22.5 Å². The number of rotatable bonds is 10. The fourth-order valence-corrected chi connectivity index (χ4v) is 4.24. The molecule has 1 aromatic carbocycles. The van der Waals surface area contributed by atoms with Crippen molar-refractivity contribution in [3.63, 3.8) is 0 Å². The Labute approximate surface area is 172 Å². The minimum atomic E-state index is -0.344. The molecule has 0 saturated heterocycles. The van der Waals surface area contributed by atoms with Crippen LogP contribution in [0.25, 0.3) is 0 Å². The molecule has 1 heterocycles. The van der Waals surface area contributed by atoms with Gasteiger partial charge in [-0.05, 0) is 31.0 Å². The minimum Gasteiger partial charge on any atom is -0.493 e. The first-order chi connectivity index (χ1) is 13.5. The summed E-state index contributed by atoms with van der Waals surface area (Å²) in [6, 6.07) is 5.31. The van der Waals surface area contributed by atoms with Crippen LogP contribution in [0.5, 0.6) is 11.5 Å². The second-order valence-electron chi connectivity index (χ2n) is 5.55. The van der Waals surface area contributed by atoms with Crippen molar-refractivity contribution in [2.75, 3.05) is 26.1 Å². The highest BCUT2D eigenvalue weighted by Crippen LogP contribution is 2.31. The third-order valence-corrected chi connectivity index (χ3v) is 5.89. The van der Waals surface area contributed by atoms with Gasteiger partial charge in [0.1, 0.15) is 5.25 Å². The molecular weight excluding hydrogens is 402 g/mol. The molecular formula is C18H23N3O5S2. The zero-order valence-corrected chi connectivity index (χ0v) is 17.8. The van der Waals surface area contributed by atoms with E-state index in [1.165, 1.54) is 23.1 Å². The fourth-order valence-electron chi connectivity index (χ4n) is 2.30. The molecule has 1 amide bonds. The molecule has 0 bridgehead atoms. The molecule has 0 saturated carbocycles. The number of esters is 1. The highest BCUT2D eigenvalue weighted by atomic mass is 32.2. The predicted octanol–water partition coefficient (Wildman–Crippen LogP) is 3.17. The number of hydrogen-bond acceptors (Lipinski definition) is 9. The van der Waals surface area contributed by atoms with Crippen LogP contribution in [0.3, 0.4) is 0 Å². The van der Waals surface area contributed by atoms with Gasteiger partial charge in [-0.25, -0.2) is 0 Å². The lowest BCUT2D eigenvalue weighted by Crippen LogP contribution is -2.19. The SMILES string of the molecule is CCOC(=O)C(CC)Sc1nnc(NC(=O)Cc2ccc(OC)c(OC)c2)s1. The van der Waals surface area contributed by atoms with Gasteiger partial charge in [-0.2, -0.15) is 0 Å². The fraction of sp³-hybridized carbons (Fsp3) is 0.444. The second-order valence-corrected chi connectivity index (χ2v) is 7.98. The standard InChI is InChI=1S/C18H23N3O5S2/c1-5-14(16(23)26-6-2)27-18-21-20-17(28-18)19-15(22)10-11-7-8-12(24-3)13(9-11)25-4/h7-9,14H,5-6,10H2,1-4H3,(H,19,20,22). The first-order valence-electron chi connectivity index (χ1n) is 8.68. The molecule has 10 heteroatoms. The van der Waals surface area contributed by atoms with Crippen LogP contribution in [0.4, 0.5) is 5.13 Å². The van der Waals surface area contributed by atoms with Gasteiger partial charge in [0.25, 0.3) is 0 Å². The van der Waals surface area contributed by atoms with Crippen LogP contribution >= 0.6 is 23.1 Å². The zero-order chi connectivity index (χ0) is 20.5. The van der Waals surface area contributed by atoms with E-state index in [0.29, 0.717) is 34.0 Å². The summed E-state index contributed by atoms with van der Waals surface area (Å²) in [5.41, 5.74) is 0.780. The highest BCUT2D eigenvalue weighted by molar-refractivity contribution is 8.02. The van der Waals surface area contributed by atoms with Crippen molar-refractivity contribution in [3.05, 3.63) is 23.8 Å². The number of methoxy groups -OCH3 is 2. The predicted molar refractivity (Wildman–Crippen MR) is 108 cm³/mol. The molecule has 1 unspecified atom stereocenters. The molecule has 1 aromatic heterocycles. The first-order valence-corrected chi connectivity index (χ1v) is 10.4. The van der Waals surface area contributed by atoms with E-state index in [1.54, 1.807) is 39.3 Å². The molecule has 152 valence electrons. The Kier molecular flexibility index (Phi) is 8.52. The average molecular weight is 426 g/mol. The van der Waals surface area contributed by atoms with Gasteiger partial charge in [0.15, 0.2) is 15.8 Å². The van der Waals surface area contributed by atoms with Gasteiger partial charge in [-0.1, -0.05) is 36.1 Å². The number of hydrogen-bond donors (Lipinski definition) is 1. The first kappa shape index (κ1) is 22.0. The number of anilines is 1. The molecule has 0 aliphatic heterocycles. The Hall–Kier alpha value is -2.33. The van der Waals surface area contributed by atoms with E-state index in [-0.39, 0.29) is 23.5 Å². The van der Waals surface area contributed by atoms with Crippen molar-refractivity contribution in [1.29, 1.82) is 0 Å². The lowest BCUT2D eigenvalue weighted by Gasteiger charge is -2.10. The summed E-state index contributed by atoms with van der Waals surface area (Å²) in [7, 11) is 3.10. The maximum atomic E-state index is 12.3. The van der Waals surface area contributed by atoms with Crippen molar-refractivity contribution < 1.29 is 23.8 Å². The minimum absolute atomic E-state index is 0.156. The third-order valence-electron chi connectivity index (χ3n) is 3.63. The summed E-state index contributed by atoms with van der Waals surface area (Å²) in [6.45, 7) is 4.01. The zero-order valence-electron chi connectivity index (χ0n) is 16.2. The Morgan fingerprint density at radius 2 is 1.93 bits per heavy atom. The number of benzene rings is 1. The van der Waals surface area contributed by atoms with Crippen LogP contribution in [-0.2, 0) is 20.7 Å². The van der Waals surface area contributed by atoms with Crippen molar-refractivity contribution in [3.8, 4) is 11.5 Å².